The van der Waals surface area contributed by atoms with Crippen LogP contribution in [0, 0.1) is 0 Å². The van der Waals surface area contributed by atoms with Crippen molar-refractivity contribution >= 4 is 22.7 Å². The third-order valence-corrected chi connectivity index (χ3v) is 3.26. The first-order valence-corrected chi connectivity index (χ1v) is 6.25. The Hall–Kier alpha value is -1.00. The fourth-order valence-corrected chi connectivity index (χ4v) is 2.02. The summed E-state index contributed by atoms with van der Waals surface area (Å²) in [5, 5.41) is 5.47. The van der Waals surface area contributed by atoms with E-state index in [9.17, 15) is 0 Å². The van der Waals surface area contributed by atoms with E-state index in [1.807, 2.05) is 10.9 Å². The molecule has 1 atom stereocenters. The van der Waals surface area contributed by atoms with Crippen molar-refractivity contribution in [2.24, 2.45) is 5.73 Å². The lowest BCUT2D eigenvalue weighted by Crippen LogP contribution is -2.18. The van der Waals surface area contributed by atoms with Gasteiger partial charge in [0.15, 0.2) is 0 Å². The van der Waals surface area contributed by atoms with E-state index in [2.05, 4.69) is 36.5 Å². The highest BCUT2D eigenvalue weighted by Crippen LogP contribution is 2.23. The summed E-state index contributed by atoms with van der Waals surface area (Å²) in [4.78, 5) is 1.24. The normalized spacial score (nSPS) is 13.3. The van der Waals surface area contributed by atoms with Gasteiger partial charge in [-0.15, -0.1) is 11.8 Å². The molecule has 15 heavy (non-hydrogen) atoms. The van der Waals surface area contributed by atoms with Crippen molar-refractivity contribution in [1.82, 2.24) is 9.78 Å². The minimum atomic E-state index is -0.0281. The first kappa shape index (κ1) is 10.5. The van der Waals surface area contributed by atoms with Crippen LogP contribution in [0.4, 0.5) is 0 Å². The molecule has 0 aliphatic rings. The van der Waals surface area contributed by atoms with Crippen molar-refractivity contribution < 1.29 is 0 Å². The summed E-state index contributed by atoms with van der Waals surface area (Å²) in [7, 11) is 0. The fraction of sp³-hybridized carbons (Fsp3) is 0.364. The predicted molar refractivity (Wildman–Crippen MR) is 65.0 cm³/mol. The Morgan fingerprint density at radius 3 is 3.00 bits per heavy atom. The number of nitrogens with two attached hydrogens (primary N) is 1. The van der Waals surface area contributed by atoms with Crippen LogP contribution in [0.15, 0.2) is 29.3 Å². The topological polar surface area (TPSA) is 43.8 Å². The van der Waals surface area contributed by atoms with E-state index in [1.54, 1.807) is 11.8 Å². The van der Waals surface area contributed by atoms with Crippen LogP contribution in [0.3, 0.4) is 0 Å². The molecule has 0 fully saturated rings. The first-order valence-electron chi connectivity index (χ1n) is 5.03. The number of hydrogen-bond acceptors (Lipinski definition) is 3. The number of benzene rings is 1. The first-order chi connectivity index (χ1) is 7.26. The van der Waals surface area contributed by atoms with E-state index in [-0.39, 0.29) is 6.17 Å². The summed E-state index contributed by atoms with van der Waals surface area (Å²) >= 11 is 1.73. The maximum Gasteiger partial charge on any atom is 0.0993 e. The highest BCUT2D eigenvalue weighted by Gasteiger charge is 2.08. The number of nitrogens with zero attached hydrogens (tertiary/aromatic N) is 2. The molecule has 1 unspecified atom stereocenters. The molecule has 4 heteroatoms. The summed E-state index contributed by atoms with van der Waals surface area (Å²) in [5.41, 5.74) is 7.11. The Kier molecular flexibility index (Phi) is 2.98. The lowest BCUT2D eigenvalue weighted by molar-refractivity contribution is 0.470. The van der Waals surface area contributed by atoms with Crippen LogP contribution in [0.1, 0.15) is 19.5 Å². The van der Waals surface area contributed by atoms with Crippen molar-refractivity contribution in [1.29, 1.82) is 0 Å². The monoisotopic (exact) mass is 221 g/mol. The maximum atomic E-state index is 5.99. The Morgan fingerprint density at radius 2 is 2.33 bits per heavy atom. The molecule has 0 radical (unpaired) electrons. The van der Waals surface area contributed by atoms with Gasteiger partial charge in [-0.3, -0.25) is 0 Å². The van der Waals surface area contributed by atoms with Gasteiger partial charge in [-0.05, 0) is 24.8 Å². The van der Waals surface area contributed by atoms with Crippen LogP contribution >= 0.6 is 11.8 Å². The minimum Gasteiger partial charge on any atom is -0.310 e. The predicted octanol–water partition coefficient (Wildman–Crippen LogP) is 2.63. The van der Waals surface area contributed by atoms with Gasteiger partial charge in [-0.25, -0.2) is 4.68 Å². The quantitative estimate of drug-likeness (QED) is 0.810. The zero-order valence-electron chi connectivity index (χ0n) is 8.97. The van der Waals surface area contributed by atoms with Gasteiger partial charge in [0.2, 0.25) is 0 Å². The van der Waals surface area contributed by atoms with Crippen molar-refractivity contribution in [2.45, 2.75) is 24.4 Å². The molecule has 2 rings (SSSR count). The van der Waals surface area contributed by atoms with Crippen LogP contribution in [0.25, 0.3) is 10.9 Å². The molecule has 0 amide bonds. The summed E-state index contributed by atoms with van der Waals surface area (Å²) in [6.45, 7) is 2.07. The molecule has 0 spiro atoms. The molecule has 3 nitrogen and oxygen atoms in total. The van der Waals surface area contributed by atoms with E-state index in [4.69, 9.17) is 5.73 Å². The van der Waals surface area contributed by atoms with Crippen molar-refractivity contribution in [2.75, 3.05) is 6.26 Å². The summed E-state index contributed by atoms with van der Waals surface area (Å²) < 4.78 is 1.90. The zero-order chi connectivity index (χ0) is 10.8. The van der Waals surface area contributed by atoms with Crippen LogP contribution in [-0.4, -0.2) is 16.0 Å². The molecule has 80 valence electrons. The molecule has 0 saturated heterocycles. The molecule has 0 saturated carbocycles. The molecular formula is C11H15N3S. The number of rotatable bonds is 3. The third kappa shape index (κ3) is 1.87. The standard InChI is InChI=1S/C11H15N3S/c1-3-11(12)14-10-6-9(15-2)5-4-8(10)7-13-14/h4-7,11H,3,12H2,1-2H3. The SMILES string of the molecule is CCC(N)n1ncc2ccc(SC)cc21. The average Bonchev–Trinajstić information content (AvgIpc) is 2.70. The van der Waals surface area contributed by atoms with Gasteiger partial charge in [-0.2, -0.15) is 5.10 Å². The van der Waals surface area contributed by atoms with Crippen LogP contribution in [0.5, 0.6) is 0 Å². The number of hydrogen-bond donors (Lipinski definition) is 1. The Bertz CT molecular complexity index is 464. The van der Waals surface area contributed by atoms with E-state index in [1.165, 1.54) is 4.90 Å². The maximum absolute atomic E-state index is 5.99. The highest BCUT2D eigenvalue weighted by molar-refractivity contribution is 7.98. The van der Waals surface area contributed by atoms with Gasteiger partial charge < -0.3 is 5.73 Å². The van der Waals surface area contributed by atoms with E-state index in [0.29, 0.717) is 0 Å². The Labute approximate surface area is 93.6 Å². The largest absolute Gasteiger partial charge is 0.310 e. The Balaban J connectivity index is 2.56. The third-order valence-electron chi connectivity index (χ3n) is 2.54. The molecule has 1 heterocycles. The van der Waals surface area contributed by atoms with Gasteiger partial charge in [0.1, 0.15) is 0 Å². The molecule has 0 aliphatic carbocycles. The summed E-state index contributed by atoms with van der Waals surface area (Å²) in [6.07, 6.45) is 4.80. The second-order valence-electron chi connectivity index (χ2n) is 3.49. The molecule has 0 aliphatic heterocycles. The molecule has 2 N–H and O–H groups in total. The van der Waals surface area contributed by atoms with Crippen LogP contribution < -0.4 is 5.73 Å². The van der Waals surface area contributed by atoms with Crippen LogP contribution in [0.2, 0.25) is 0 Å². The van der Waals surface area contributed by atoms with E-state index < -0.39 is 0 Å². The van der Waals surface area contributed by atoms with Gasteiger partial charge >= 0.3 is 0 Å². The molecule has 1 aromatic heterocycles. The lowest BCUT2D eigenvalue weighted by atomic mass is 10.2. The fourth-order valence-electron chi connectivity index (χ4n) is 1.58. The lowest BCUT2D eigenvalue weighted by Gasteiger charge is -2.10. The molecule has 0 bridgehead atoms. The number of fused-ring (bicyclic) bond motifs is 1. The summed E-state index contributed by atoms with van der Waals surface area (Å²) in [6, 6.07) is 6.34. The van der Waals surface area contributed by atoms with E-state index in [0.717, 1.165) is 17.3 Å². The van der Waals surface area contributed by atoms with Crippen molar-refractivity contribution in [3.63, 3.8) is 0 Å². The second kappa shape index (κ2) is 4.24. The number of aromatic nitrogens is 2. The van der Waals surface area contributed by atoms with E-state index >= 15 is 0 Å². The smallest absolute Gasteiger partial charge is 0.0993 e. The van der Waals surface area contributed by atoms with Gasteiger partial charge in [-0.1, -0.05) is 13.0 Å². The Morgan fingerprint density at radius 1 is 1.53 bits per heavy atom. The van der Waals surface area contributed by atoms with Crippen LogP contribution in [-0.2, 0) is 0 Å². The van der Waals surface area contributed by atoms with Gasteiger partial charge in [0.25, 0.3) is 0 Å². The molecule has 1 aromatic carbocycles. The van der Waals surface area contributed by atoms with Crippen molar-refractivity contribution in [3.8, 4) is 0 Å². The minimum absolute atomic E-state index is 0.0281. The molecular weight excluding hydrogens is 206 g/mol. The van der Waals surface area contributed by atoms with Gasteiger partial charge in [0.05, 0.1) is 17.9 Å². The molecule has 2 aromatic rings. The average molecular weight is 221 g/mol. The second-order valence-corrected chi connectivity index (χ2v) is 4.37. The highest BCUT2D eigenvalue weighted by atomic mass is 32.2. The number of thioether (sulfide) groups is 1. The van der Waals surface area contributed by atoms with Crippen molar-refractivity contribution in [3.05, 3.63) is 24.4 Å². The zero-order valence-corrected chi connectivity index (χ0v) is 9.79. The summed E-state index contributed by atoms with van der Waals surface area (Å²) in [5.74, 6) is 0. The van der Waals surface area contributed by atoms with Gasteiger partial charge in [0, 0.05) is 10.3 Å².